The van der Waals surface area contributed by atoms with Gasteiger partial charge in [-0.1, -0.05) is 0 Å². The monoisotopic (exact) mass is 268 g/mol. The maximum atomic E-state index is 12.5. The number of hydrogen-bond acceptors (Lipinski definition) is 3. The summed E-state index contributed by atoms with van der Waals surface area (Å²) in [6.45, 7) is 7.49. The minimum absolute atomic E-state index is 0.0915. The summed E-state index contributed by atoms with van der Waals surface area (Å²) in [4.78, 5) is 28.2. The van der Waals surface area contributed by atoms with E-state index >= 15 is 0 Å². The second-order valence-electron chi connectivity index (χ2n) is 5.67. The second kappa shape index (κ2) is 5.90. The Morgan fingerprint density at radius 2 is 2.00 bits per heavy atom. The number of piperidine rings is 1. The molecule has 0 N–H and O–H groups in total. The molecule has 2 rings (SSSR count). The van der Waals surface area contributed by atoms with E-state index < -0.39 is 0 Å². The molecule has 2 aliphatic heterocycles. The van der Waals surface area contributed by atoms with Gasteiger partial charge >= 0.3 is 0 Å². The summed E-state index contributed by atoms with van der Waals surface area (Å²) in [5, 5.41) is 0. The zero-order chi connectivity index (χ0) is 14.0. The predicted molar refractivity (Wildman–Crippen MR) is 71.6 cm³/mol. The Morgan fingerprint density at radius 3 is 2.68 bits per heavy atom. The van der Waals surface area contributed by atoms with Crippen molar-refractivity contribution in [2.75, 3.05) is 19.7 Å². The number of hydrogen-bond donors (Lipinski definition) is 0. The van der Waals surface area contributed by atoms with Crippen LogP contribution in [-0.4, -0.2) is 59.5 Å². The topological polar surface area (TPSA) is 49.9 Å². The van der Waals surface area contributed by atoms with Crippen LogP contribution in [-0.2, 0) is 14.3 Å². The Labute approximate surface area is 114 Å². The second-order valence-corrected chi connectivity index (χ2v) is 5.67. The van der Waals surface area contributed by atoms with Crippen molar-refractivity contribution in [2.45, 2.75) is 58.2 Å². The van der Waals surface area contributed by atoms with E-state index in [1.165, 1.54) is 0 Å². The summed E-state index contributed by atoms with van der Waals surface area (Å²) in [5.74, 6) is 0.188. The van der Waals surface area contributed by atoms with Crippen molar-refractivity contribution in [1.82, 2.24) is 9.80 Å². The molecule has 2 aliphatic rings. The van der Waals surface area contributed by atoms with E-state index in [0.717, 1.165) is 25.8 Å². The molecule has 2 atom stereocenters. The highest BCUT2D eigenvalue weighted by Gasteiger charge is 2.44. The Kier molecular flexibility index (Phi) is 4.45. The number of carbonyl (C=O) groups excluding carboxylic acids is 2. The van der Waals surface area contributed by atoms with Crippen LogP contribution in [0, 0.1) is 0 Å². The van der Waals surface area contributed by atoms with Crippen LogP contribution < -0.4 is 0 Å². The SMILES string of the molecule is CC(C)OCCN1C(=O)C2CCCCN2C(=O)C1C. The molecule has 2 amide bonds. The molecule has 108 valence electrons. The van der Waals surface area contributed by atoms with Crippen LogP contribution in [0.2, 0.25) is 0 Å². The molecular weight excluding hydrogens is 244 g/mol. The largest absolute Gasteiger partial charge is 0.377 e. The molecule has 0 aromatic rings. The third kappa shape index (κ3) is 2.91. The molecule has 0 bridgehead atoms. The van der Waals surface area contributed by atoms with Crippen LogP contribution >= 0.6 is 0 Å². The van der Waals surface area contributed by atoms with Gasteiger partial charge in [0.2, 0.25) is 11.8 Å². The Hall–Kier alpha value is -1.10. The van der Waals surface area contributed by atoms with Crippen molar-refractivity contribution >= 4 is 11.8 Å². The lowest BCUT2D eigenvalue weighted by molar-refractivity contribution is -0.163. The standard InChI is InChI=1S/C14H24N2O3/c1-10(2)19-9-8-15-11(3)13(17)16-7-5-4-6-12(16)14(15)18/h10-12H,4-9H2,1-3H3. The van der Waals surface area contributed by atoms with E-state index in [0.29, 0.717) is 13.2 Å². The minimum atomic E-state index is -0.349. The normalized spacial score (nSPS) is 28.0. The van der Waals surface area contributed by atoms with E-state index in [4.69, 9.17) is 4.74 Å². The van der Waals surface area contributed by atoms with Crippen LogP contribution in [0.5, 0.6) is 0 Å². The molecule has 2 fully saturated rings. The summed E-state index contributed by atoms with van der Waals surface area (Å²) in [6.07, 6.45) is 3.00. The number of carbonyl (C=O) groups is 2. The number of piperazine rings is 1. The maximum absolute atomic E-state index is 12.5. The molecule has 2 unspecified atom stereocenters. The number of rotatable bonds is 4. The van der Waals surface area contributed by atoms with Crippen molar-refractivity contribution < 1.29 is 14.3 Å². The zero-order valence-electron chi connectivity index (χ0n) is 12.1. The van der Waals surface area contributed by atoms with Crippen molar-refractivity contribution in [3.05, 3.63) is 0 Å². The zero-order valence-corrected chi connectivity index (χ0v) is 12.1. The fourth-order valence-corrected chi connectivity index (χ4v) is 2.90. The van der Waals surface area contributed by atoms with E-state index in [9.17, 15) is 9.59 Å². The average Bonchev–Trinajstić information content (AvgIpc) is 2.40. The highest BCUT2D eigenvalue weighted by Crippen LogP contribution is 2.25. The van der Waals surface area contributed by atoms with Gasteiger partial charge in [0.25, 0.3) is 0 Å². The smallest absolute Gasteiger partial charge is 0.246 e. The summed E-state index contributed by atoms with van der Waals surface area (Å²) in [6, 6.07) is -0.575. The molecule has 0 aromatic heterocycles. The lowest BCUT2D eigenvalue weighted by Gasteiger charge is -2.46. The van der Waals surface area contributed by atoms with Crippen molar-refractivity contribution in [2.24, 2.45) is 0 Å². The minimum Gasteiger partial charge on any atom is -0.377 e. The molecule has 0 aliphatic carbocycles. The van der Waals surface area contributed by atoms with E-state index in [1.807, 2.05) is 20.8 Å². The van der Waals surface area contributed by atoms with Crippen molar-refractivity contribution in [1.29, 1.82) is 0 Å². The van der Waals surface area contributed by atoms with Crippen LogP contribution in [0.4, 0.5) is 0 Å². The third-order valence-electron chi connectivity index (χ3n) is 3.96. The highest BCUT2D eigenvalue weighted by molar-refractivity contribution is 5.96. The predicted octanol–water partition coefficient (Wildman–Crippen LogP) is 1.02. The fraction of sp³-hybridized carbons (Fsp3) is 0.857. The molecule has 2 saturated heterocycles. The van der Waals surface area contributed by atoms with Gasteiger partial charge in [0.1, 0.15) is 12.1 Å². The van der Waals surface area contributed by atoms with Gasteiger partial charge in [0.05, 0.1) is 12.7 Å². The van der Waals surface area contributed by atoms with Crippen LogP contribution in [0.25, 0.3) is 0 Å². The molecule has 5 heteroatoms. The summed E-state index contributed by atoms with van der Waals surface area (Å²) in [5.41, 5.74) is 0. The van der Waals surface area contributed by atoms with Crippen molar-refractivity contribution in [3.63, 3.8) is 0 Å². The van der Waals surface area contributed by atoms with Gasteiger partial charge in [-0.15, -0.1) is 0 Å². The first-order chi connectivity index (χ1) is 9.02. The van der Waals surface area contributed by atoms with Gasteiger partial charge in [-0.05, 0) is 40.0 Å². The van der Waals surface area contributed by atoms with Gasteiger partial charge in [-0.2, -0.15) is 0 Å². The van der Waals surface area contributed by atoms with Gasteiger partial charge < -0.3 is 14.5 Å². The van der Waals surface area contributed by atoms with E-state index in [1.54, 1.807) is 9.80 Å². The number of nitrogens with zero attached hydrogens (tertiary/aromatic N) is 2. The number of amides is 2. The molecule has 0 spiro atoms. The van der Waals surface area contributed by atoms with Gasteiger partial charge in [-0.25, -0.2) is 0 Å². The number of fused-ring (bicyclic) bond motifs is 1. The molecule has 5 nitrogen and oxygen atoms in total. The molecular formula is C14H24N2O3. The average molecular weight is 268 g/mol. The lowest BCUT2D eigenvalue weighted by Crippen LogP contribution is -2.65. The van der Waals surface area contributed by atoms with Crippen LogP contribution in [0.1, 0.15) is 40.0 Å². The first-order valence-corrected chi connectivity index (χ1v) is 7.25. The lowest BCUT2D eigenvalue weighted by atomic mass is 9.96. The van der Waals surface area contributed by atoms with Crippen molar-refractivity contribution in [3.8, 4) is 0 Å². The van der Waals surface area contributed by atoms with Gasteiger partial charge in [-0.3, -0.25) is 9.59 Å². The molecule has 0 radical (unpaired) electrons. The highest BCUT2D eigenvalue weighted by atomic mass is 16.5. The Balaban J connectivity index is 2.02. The Bertz CT molecular complexity index is 357. The van der Waals surface area contributed by atoms with Crippen LogP contribution in [0.15, 0.2) is 0 Å². The summed E-state index contributed by atoms with van der Waals surface area (Å²) >= 11 is 0. The van der Waals surface area contributed by atoms with E-state index in [2.05, 4.69) is 0 Å². The molecule has 2 heterocycles. The van der Waals surface area contributed by atoms with Crippen LogP contribution in [0.3, 0.4) is 0 Å². The first kappa shape index (κ1) is 14.3. The number of ether oxygens (including phenoxy) is 1. The molecule has 0 saturated carbocycles. The Morgan fingerprint density at radius 1 is 1.26 bits per heavy atom. The third-order valence-corrected chi connectivity index (χ3v) is 3.96. The fourth-order valence-electron chi connectivity index (χ4n) is 2.90. The maximum Gasteiger partial charge on any atom is 0.246 e. The van der Waals surface area contributed by atoms with E-state index in [-0.39, 0.29) is 30.0 Å². The molecule has 19 heavy (non-hydrogen) atoms. The molecule has 0 aromatic carbocycles. The van der Waals surface area contributed by atoms with Gasteiger partial charge in [0.15, 0.2) is 0 Å². The summed E-state index contributed by atoms with van der Waals surface area (Å²) in [7, 11) is 0. The van der Waals surface area contributed by atoms with Gasteiger partial charge in [0, 0.05) is 13.1 Å². The summed E-state index contributed by atoms with van der Waals surface area (Å²) < 4.78 is 5.49. The first-order valence-electron chi connectivity index (χ1n) is 7.25. The quantitative estimate of drug-likeness (QED) is 0.765.